The minimum absolute atomic E-state index is 0.109. The quantitative estimate of drug-likeness (QED) is 0.312. The fourth-order valence-electron chi connectivity index (χ4n) is 4.09. The number of rotatable bonds is 7. The number of nitrogens with zero attached hydrogens (tertiary/aromatic N) is 2. The highest BCUT2D eigenvalue weighted by Crippen LogP contribution is 2.36. The van der Waals surface area contributed by atoms with Gasteiger partial charge in [-0.2, -0.15) is 0 Å². The first-order valence-corrected chi connectivity index (χ1v) is 12.6. The molecular formula is C24H23N3O4S2. The van der Waals surface area contributed by atoms with Crippen LogP contribution in [0.2, 0.25) is 0 Å². The summed E-state index contributed by atoms with van der Waals surface area (Å²) in [6.45, 7) is 0.315. The SMILES string of the molecule is COc1ccccc1-n1c(SCC(=O)NCc2ccco2)nc2sc3c(c2c1=O)CCCC3. The number of aryl methyl sites for hydroxylation is 2. The van der Waals surface area contributed by atoms with E-state index < -0.39 is 0 Å². The summed E-state index contributed by atoms with van der Waals surface area (Å²) >= 11 is 2.84. The van der Waals surface area contributed by atoms with E-state index in [2.05, 4.69) is 5.32 Å². The zero-order valence-electron chi connectivity index (χ0n) is 18.1. The van der Waals surface area contributed by atoms with Crippen molar-refractivity contribution in [1.82, 2.24) is 14.9 Å². The molecule has 4 aromatic rings. The van der Waals surface area contributed by atoms with Crippen LogP contribution >= 0.6 is 23.1 Å². The summed E-state index contributed by atoms with van der Waals surface area (Å²) in [4.78, 5) is 33.2. The molecule has 0 saturated carbocycles. The molecule has 170 valence electrons. The van der Waals surface area contributed by atoms with Gasteiger partial charge in [-0.25, -0.2) is 4.98 Å². The zero-order valence-corrected chi connectivity index (χ0v) is 19.8. The molecule has 9 heteroatoms. The van der Waals surface area contributed by atoms with Crippen LogP contribution in [0.15, 0.2) is 57.0 Å². The summed E-state index contributed by atoms with van der Waals surface area (Å²) < 4.78 is 12.4. The van der Waals surface area contributed by atoms with Crippen LogP contribution in [0, 0.1) is 0 Å². The molecule has 0 atom stereocenters. The molecule has 0 saturated heterocycles. The van der Waals surface area contributed by atoms with E-state index in [0.29, 0.717) is 34.3 Å². The van der Waals surface area contributed by atoms with Crippen molar-refractivity contribution in [3.63, 3.8) is 0 Å². The number of fused-ring (bicyclic) bond motifs is 3. The lowest BCUT2D eigenvalue weighted by molar-refractivity contribution is -0.118. The molecule has 33 heavy (non-hydrogen) atoms. The maximum absolute atomic E-state index is 13.8. The van der Waals surface area contributed by atoms with Gasteiger partial charge in [0.05, 0.1) is 36.7 Å². The lowest BCUT2D eigenvalue weighted by Crippen LogP contribution is -2.26. The molecule has 3 heterocycles. The summed E-state index contributed by atoms with van der Waals surface area (Å²) in [7, 11) is 1.58. The summed E-state index contributed by atoms with van der Waals surface area (Å²) in [5.41, 5.74) is 1.64. The first-order valence-electron chi connectivity index (χ1n) is 10.8. The van der Waals surface area contributed by atoms with E-state index in [1.807, 2.05) is 24.3 Å². The fraction of sp³-hybridized carbons (Fsp3) is 0.292. The van der Waals surface area contributed by atoms with Crippen molar-refractivity contribution in [2.24, 2.45) is 0 Å². The predicted molar refractivity (Wildman–Crippen MR) is 130 cm³/mol. The van der Waals surface area contributed by atoms with Crippen LogP contribution in [0.1, 0.15) is 29.0 Å². The van der Waals surface area contributed by atoms with Gasteiger partial charge in [0.25, 0.3) is 5.56 Å². The number of para-hydroxylation sites is 2. The second-order valence-corrected chi connectivity index (χ2v) is 9.77. The second-order valence-electron chi connectivity index (χ2n) is 7.74. The third-order valence-electron chi connectivity index (χ3n) is 5.66. The number of nitrogens with one attached hydrogen (secondary N) is 1. The average molecular weight is 482 g/mol. The van der Waals surface area contributed by atoms with Crippen molar-refractivity contribution in [2.75, 3.05) is 12.9 Å². The van der Waals surface area contributed by atoms with Gasteiger partial charge < -0.3 is 14.5 Å². The highest BCUT2D eigenvalue weighted by atomic mass is 32.2. The van der Waals surface area contributed by atoms with Crippen LogP contribution in [0.25, 0.3) is 15.9 Å². The molecule has 1 aliphatic rings. The number of hydrogen-bond donors (Lipinski definition) is 1. The number of amides is 1. The number of carbonyl (C=O) groups is 1. The molecule has 1 aliphatic carbocycles. The second kappa shape index (κ2) is 9.44. The van der Waals surface area contributed by atoms with E-state index in [9.17, 15) is 9.59 Å². The zero-order chi connectivity index (χ0) is 22.8. The van der Waals surface area contributed by atoms with Crippen molar-refractivity contribution >= 4 is 39.2 Å². The molecule has 0 spiro atoms. The number of hydrogen-bond acceptors (Lipinski definition) is 7. The van der Waals surface area contributed by atoms with Crippen molar-refractivity contribution in [3.8, 4) is 11.4 Å². The normalized spacial score (nSPS) is 13.1. The number of methoxy groups -OCH3 is 1. The minimum atomic E-state index is -0.164. The molecule has 1 N–H and O–H groups in total. The molecule has 3 aromatic heterocycles. The highest BCUT2D eigenvalue weighted by molar-refractivity contribution is 7.99. The van der Waals surface area contributed by atoms with Gasteiger partial charge in [-0.3, -0.25) is 14.2 Å². The number of carbonyl (C=O) groups excluding carboxylic acids is 1. The molecule has 0 bridgehead atoms. The molecule has 0 unspecified atom stereocenters. The third kappa shape index (κ3) is 4.30. The van der Waals surface area contributed by atoms with E-state index in [4.69, 9.17) is 14.1 Å². The van der Waals surface area contributed by atoms with E-state index in [1.54, 1.807) is 41.4 Å². The van der Waals surface area contributed by atoms with E-state index in [-0.39, 0.29) is 17.2 Å². The Morgan fingerprint density at radius 3 is 2.91 bits per heavy atom. The monoisotopic (exact) mass is 481 g/mol. The molecule has 5 rings (SSSR count). The van der Waals surface area contributed by atoms with Gasteiger partial charge in [0, 0.05) is 4.88 Å². The lowest BCUT2D eigenvalue weighted by Gasteiger charge is -2.15. The van der Waals surface area contributed by atoms with Crippen molar-refractivity contribution in [1.29, 1.82) is 0 Å². The molecule has 0 aliphatic heterocycles. The van der Waals surface area contributed by atoms with Crippen LogP contribution in [0.4, 0.5) is 0 Å². The topological polar surface area (TPSA) is 86.4 Å². The summed E-state index contributed by atoms with van der Waals surface area (Å²) in [5, 5.41) is 4.01. The van der Waals surface area contributed by atoms with E-state index in [1.165, 1.54) is 16.6 Å². The van der Waals surface area contributed by atoms with Crippen LogP contribution in [-0.2, 0) is 24.2 Å². The first kappa shape index (κ1) is 21.8. The Morgan fingerprint density at radius 1 is 1.24 bits per heavy atom. The largest absolute Gasteiger partial charge is 0.495 e. The summed E-state index contributed by atoms with van der Waals surface area (Å²) in [6, 6.07) is 11.0. The van der Waals surface area contributed by atoms with Crippen molar-refractivity contribution in [3.05, 3.63) is 69.2 Å². The van der Waals surface area contributed by atoms with E-state index >= 15 is 0 Å². The molecule has 1 amide bonds. The van der Waals surface area contributed by atoms with Crippen LogP contribution in [-0.4, -0.2) is 28.3 Å². The molecular weight excluding hydrogens is 458 g/mol. The van der Waals surface area contributed by atoms with Gasteiger partial charge >= 0.3 is 0 Å². The summed E-state index contributed by atoms with van der Waals surface area (Å²) in [6.07, 6.45) is 5.68. The number of benzene rings is 1. The summed E-state index contributed by atoms with van der Waals surface area (Å²) in [5.74, 6) is 1.22. The molecule has 0 radical (unpaired) electrons. The Bertz CT molecular complexity index is 1360. The van der Waals surface area contributed by atoms with Gasteiger partial charge in [0.1, 0.15) is 16.3 Å². The minimum Gasteiger partial charge on any atom is -0.495 e. The van der Waals surface area contributed by atoms with Crippen LogP contribution < -0.4 is 15.6 Å². The first-order chi connectivity index (χ1) is 16.2. The fourth-order valence-corrected chi connectivity index (χ4v) is 6.23. The standard InChI is InChI=1S/C24H23N3O4S2/c1-30-18-10-4-3-9-17(18)27-23(29)21-16-8-2-5-11-19(16)33-22(21)26-24(27)32-14-20(28)25-13-15-7-6-12-31-15/h3-4,6-7,9-10,12H,2,5,8,11,13-14H2,1H3,(H,25,28). The Balaban J connectivity index is 1.53. The maximum Gasteiger partial charge on any atom is 0.267 e. The molecule has 0 fully saturated rings. The Morgan fingerprint density at radius 2 is 2.09 bits per heavy atom. The number of aromatic nitrogens is 2. The van der Waals surface area contributed by atoms with Crippen molar-refractivity contribution in [2.45, 2.75) is 37.4 Å². The smallest absolute Gasteiger partial charge is 0.267 e. The average Bonchev–Trinajstić information content (AvgIpc) is 3.49. The van der Waals surface area contributed by atoms with Gasteiger partial charge in [0.2, 0.25) is 5.91 Å². The number of furan rings is 1. The maximum atomic E-state index is 13.8. The molecule has 1 aromatic carbocycles. The third-order valence-corrected chi connectivity index (χ3v) is 7.78. The Hall–Kier alpha value is -3.04. The Kier molecular flexibility index (Phi) is 6.24. The lowest BCUT2D eigenvalue weighted by atomic mass is 9.97. The highest BCUT2D eigenvalue weighted by Gasteiger charge is 2.24. The van der Waals surface area contributed by atoms with Crippen LogP contribution in [0.3, 0.4) is 0 Å². The van der Waals surface area contributed by atoms with Gasteiger partial charge in [-0.05, 0) is 55.5 Å². The molecule has 7 nitrogen and oxygen atoms in total. The van der Waals surface area contributed by atoms with Crippen molar-refractivity contribution < 1.29 is 13.9 Å². The van der Waals surface area contributed by atoms with Crippen LogP contribution in [0.5, 0.6) is 5.75 Å². The van der Waals surface area contributed by atoms with Gasteiger partial charge in [-0.15, -0.1) is 11.3 Å². The van der Waals surface area contributed by atoms with Gasteiger partial charge in [-0.1, -0.05) is 23.9 Å². The number of thioether (sulfide) groups is 1. The van der Waals surface area contributed by atoms with Gasteiger partial charge in [0.15, 0.2) is 5.16 Å². The number of ether oxygens (including phenoxy) is 1. The number of thiophene rings is 1. The Labute approximate surface area is 198 Å². The van der Waals surface area contributed by atoms with E-state index in [0.717, 1.165) is 36.1 Å². The predicted octanol–water partition coefficient (Wildman–Crippen LogP) is 4.34.